The van der Waals surface area contributed by atoms with E-state index in [0.29, 0.717) is 23.7 Å². The van der Waals surface area contributed by atoms with Gasteiger partial charge in [0.25, 0.3) is 0 Å². The lowest BCUT2D eigenvalue weighted by Gasteiger charge is -2.26. The fraction of sp³-hybridized carbons (Fsp3) is 0.500. The minimum atomic E-state index is -0.354. The molecule has 0 spiro atoms. The van der Waals surface area contributed by atoms with E-state index in [-0.39, 0.29) is 18.1 Å². The first kappa shape index (κ1) is 15.5. The molecule has 0 radical (unpaired) electrons. The number of hydrogen-bond donors (Lipinski definition) is 2. The van der Waals surface area contributed by atoms with E-state index in [1.54, 1.807) is 24.3 Å². The molecule has 1 aliphatic carbocycles. The van der Waals surface area contributed by atoms with E-state index in [9.17, 15) is 9.90 Å². The number of nitriles is 1. The van der Waals surface area contributed by atoms with Crippen molar-refractivity contribution >= 4 is 11.6 Å². The van der Waals surface area contributed by atoms with Gasteiger partial charge >= 0.3 is 0 Å². The Labute approximate surface area is 125 Å². The molecule has 21 heavy (non-hydrogen) atoms. The minimum Gasteiger partial charge on any atom is -0.392 e. The van der Waals surface area contributed by atoms with Crippen LogP contribution in [-0.4, -0.2) is 41.7 Å². The lowest BCUT2D eigenvalue weighted by atomic mass is 10.2. The lowest BCUT2D eigenvalue weighted by Crippen LogP contribution is -2.43. The van der Waals surface area contributed by atoms with Crippen LogP contribution >= 0.6 is 0 Å². The summed E-state index contributed by atoms with van der Waals surface area (Å²) in [6.07, 6.45) is 1.81. The summed E-state index contributed by atoms with van der Waals surface area (Å²) in [7, 11) is 1.83. The molecule has 0 aromatic heterocycles. The van der Waals surface area contributed by atoms with E-state index in [1.165, 1.54) is 0 Å². The molecule has 1 aromatic rings. The Hall–Kier alpha value is -1.90. The molecule has 2 N–H and O–H groups in total. The maximum Gasteiger partial charge on any atom is 0.241 e. The van der Waals surface area contributed by atoms with Gasteiger partial charge in [-0.15, -0.1) is 0 Å². The highest BCUT2D eigenvalue weighted by Gasteiger charge is 2.31. The zero-order valence-corrected chi connectivity index (χ0v) is 12.4. The van der Waals surface area contributed by atoms with Gasteiger partial charge in [-0.1, -0.05) is 6.07 Å². The number of hydrogen-bond acceptors (Lipinski definition) is 4. The number of carbonyl (C=O) groups excluding carboxylic acids is 1. The van der Waals surface area contributed by atoms with Crippen molar-refractivity contribution in [3.8, 4) is 6.07 Å². The van der Waals surface area contributed by atoms with Crippen LogP contribution < -0.4 is 5.32 Å². The molecule has 0 aliphatic heterocycles. The van der Waals surface area contributed by atoms with Gasteiger partial charge in [-0.05, 0) is 50.9 Å². The van der Waals surface area contributed by atoms with Crippen molar-refractivity contribution in [2.45, 2.75) is 31.9 Å². The number of carbonyl (C=O) groups is 1. The van der Waals surface area contributed by atoms with E-state index in [1.807, 2.05) is 24.9 Å². The highest BCUT2D eigenvalue weighted by Crippen LogP contribution is 2.32. The molecule has 0 saturated heterocycles. The van der Waals surface area contributed by atoms with Crippen LogP contribution in [0.5, 0.6) is 0 Å². The molecule has 2 unspecified atom stereocenters. The van der Waals surface area contributed by atoms with E-state index in [0.717, 1.165) is 12.8 Å². The van der Waals surface area contributed by atoms with E-state index in [2.05, 4.69) is 5.32 Å². The van der Waals surface area contributed by atoms with Gasteiger partial charge < -0.3 is 10.4 Å². The summed E-state index contributed by atoms with van der Waals surface area (Å²) in [4.78, 5) is 14.1. The van der Waals surface area contributed by atoms with Crippen molar-refractivity contribution in [2.24, 2.45) is 5.92 Å². The smallest absolute Gasteiger partial charge is 0.241 e. The fourth-order valence-corrected chi connectivity index (χ4v) is 2.20. The van der Waals surface area contributed by atoms with E-state index < -0.39 is 0 Å². The van der Waals surface area contributed by atoms with Crippen molar-refractivity contribution in [1.29, 1.82) is 5.26 Å². The Morgan fingerprint density at radius 3 is 2.90 bits per heavy atom. The van der Waals surface area contributed by atoms with Crippen molar-refractivity contribution in [3.05, 3.63) is 29.8 Å². The van der Waals surface area contributed by atoms with E-state index in [4.69, 9.17) is 5.26 Å². The number of nitrogens with one attached hydrogen (secondary N) is 1. The maximum absolute atomic E-state index is 12.2. The summed E-state index contributed by atoms with van der Waals surface area (Å²) >= 11 is 0. The van der Waals surface area contributed by atoms with Crippen LogP contribution in [-0.2, 0) is 4.79 Å². The molecule has 5 heteroatoms. The average molecular weight is 287 g/mol. The second kappa shape index (κ2) is 6.70. The summed E-state index contributed by atoms with van der Waals surface area (Å²) in [5.41, 5.74) is 1.13. The second-order valence-corrected chi connectivity index (χ2v) is 5.70. The van der Waals surface area contributed by atoms with Crippen molar-refractivity contribution < 1.29 is 9.90 Å². The van der Waals surface area contributed by atoms with Crippen LogP contribution in [0.1, 0.15) is 25.3 Å². The molecular formula is C16H21N3O2. The first-order valence-corrected chi connectivity index (χ1v) is 7.20. The molecule has 112 valence electrons. The molecule has 1 aliphatic rings. The van der Waals surface area contributed by atoms with Crippen LogP contribution in [0.2, 0.25) is 0 Å². The second-order valence-electron chi connectivity index (χ2n) is 5.70. The van der Waals surface area contributed by atoms with E-state index >= 15 is 0 Å². The number of rotatable bonds is 6. The number of aliphatic hydroxyl groups excluding tert-OH is 1. The monoisotopic (exact) mass is 287 g/mol. The van der Waals surface area contributed by atoms with Gasteiger partial charge in [0, 0.05) is 12.2 Å². The maximum atomic E-state index is 12.2. The lowest BCUT2D eigenvalue weighted by molar-refractivity contribution is -0.120. The van der Waals surface area contributed by atoms with Gasteiger partial charge in [0.1, 0.15) is 0 Å². The largest absolute Gasteiger partial charge is 0.392 e. The molecule has 5 nitrogen and oxygen atoms in total. The molecule has 1 amide bonds. The number of aliphatic hydroxyl groups is 1. The van der Waals surface area contributed by atoms with Crippen LogP contribution in [0.25, 0.3) is 0 Å². The Morgan fingerprint density at radius 1 is 1.57 bits per heavy atom. The number of nitrogens with zero attached hydrogens (tertiary/aromatic N) is 2. The van der Waals surface area contributed by atoms with Crippen molar-refractivity contribution in [2.75, 3.05) is 18.9 Å². The first-order valence-electron chi connectivity index (χ1n) is 7.20. The van der Waals surface area contributed by atoms with Gasteiger partial charge in [-0.25, -0.2) is 0 Å². The number of anilines is 1. The zero-order valence-electron chi connectivity index (χ0n) is 12.4. The van der Waals surface area contributed by atoms with Crippen molar-refractivity contribution in [3.63, 3.8) is 0 Å². The molecular weight excluding hydrogens is 266 g/mol. The Balaban J connectivity index is 1.90. The van der Waals surface area contributed by atoms with Crippen LogP contribution in [0.3, 0.4) is 0 Å². The third-order valence-corrected chi connectivity index (χ3v) is 3.94. The molecule has 0 bridgehead atoms. The molecule has 2 rings (SSSR count). The normalized spacial score (nSPS) is 17.1. The van der Waals surface area contributed by atoms with Gasteiger partial charge in [-0.2, -0.15) is 5.26 Å². The highest BCUT2D eigenvalue weighted by molar-refractivity contribution is 5.94. The predicted octanol–water partition coefficient (Wildman–Crippen LogP) is 1.59. The summed E-state index contributed by atoms with van der Waals surface area (Å²) in [6, 6.07) is 8.52. The molecule has 0 heterocycles. The number of benzene rings is 1. The van der Waals surface area contributed by atoms with Gasteiger partial charge in [-0.3, -0.25) is 9.69 Å². The standard InChI is InChI=1S/C16H21N3O2/c1-11(19(2)10-15(20)13-6-7-13)16(21)18-14-5-3-4-12(8-14)9-17/h3-5,8,11,13,15,20H,6-7,10H2,1-2H3,(H,18,21). The average Bonchev–Trinajstić information content (AvgIpc) is 3.31. The predicted molar refractivity (Wildman–Crippen MR) is 80.6 cm³/mol. The summed E-state index contributed by atoms with van der Waals surface area (Å²) in [6.45, 7) is 2.31. The minimum absolute atomic E-state index is 0.143. The summed E-state index contributed by atoms with van der Waals surface area (Å²) < 4.78 is 0. The SMILES string of the molecule is CC(C(=O)Nc1cccc(C#N)c1)N(C)CC(O)C1CC1. The van der Waals surface area contributed by atoms with Crippen LogP contribution in [0, 0.1) is 17.2 Å². The Morgan fingerprint density at radius 2 is 2.29 bits per heavy atom. The van der Waals surface area contributed by atoms with Gasteiger partial charge in [0.05, 0.1) is 23.8 Å². The first-order chi connectivity index (χ1) is 10.0. The highest BCUT2D eigenvalue weighted by atomic mass is 16.3. The van der Waals surface area contributed by atoms with Crippen LogP contribution in [0.15, 0.2) is 24.3 Å². The summed E-state index contributed by atoms with van der Waals surface area (Å²) in [5.74, 6) is 0.255. The number of likely N-dealkylation sites (N-methyl/N-ethyl adjacent to an activating group) is 1. The van der Waals surface area contributed by atoms with Gasteiger partial charge in [0.2, 0.25) is 5.91 Å². The number of amides is 1. The Kier molecular flexibility index (Phi) is 4.94. The quantitative estimate of drug-likeness (QED) is 0.833. The Bertz CT molecular complexity index is 549. The van der Waals surface area contributed by atoms with Crippen LogP contribution in [0.4, 0.5) is 5.69 Å². The summed E-state index contributed by atoms with van der Waals surface area (Å²) in [5, 5.41) is 21.6. The van der Waals surface area contributed by atoms with Gasteiger partial charge in [0.15, 0.2) is 0 Å². The fourth-order valence-electron chi connectivity index (χ4n) is 2.20. The zero-order chi connectivity index (χ0) is 15.4. The molecule has 2 atom stereocenters. The third kappa shape index (κ3) is 4.28. The molecule has 1 aromatic carbocycles. The topological polar surface area (TPSA) is 76.4 Å². The molecule has 1 fully saturated rings. The molecule has 1 saturated carbocycles. The van der Waals surface area contributed by atoms with Crippen molar-refractivity contribution in [1.82, 2.24) is 4.90 Å². The third-order valence-electron chi connectivity index (χ3n) is 3.94.